The minimum Gasteiger partial charge on any atom is -0.487 e. The number of aryl methyl sites for hydroxylation is 1. The quantitative estimate of drug-likeness (QED) is 0.880. The van der Waals surface area contributed by atoms with Gasteiger partial charge in [0.25, 0.3) is 0 Å². The number of ether oxygens (including phenoxy) is 1. The predicted molar refractivity (Wildman–Crippen MR) is 79.3 cm³/mol. The zero-order valence-corrected chi connectivity index (χ0v) is 12.9. The van der Waals surface area contributed by atoms with Crippen molar-refractivity contribution in [2.45, 2.75) is 32.0 Å². The van der Waals surface area contributed by atoms with Gasteiger partial charge in [0, 0.05) is 29.7 Å². The summed E-state index contributed by atoms with van der Waals surface area (Å²) in [5, 5.41) is 11.4. The number of hydrogen-bond donors (Lipinski definition) is 1. The molecule has 1 aromatic carbocycles. The van der Waals surface area contributed by atoms with Gasteiger partial charge in [-0.15, -0.1) is 5.10 Å². The van der Waals surface area contributed by atoms with E-state index in [1.54, 1.807) is 4.68 Å². The fraction of sp³-hybridized carbons (Fsp3) is 0.429. The highest BCUT2D eigenvalue weighted by atomic mass is 79.9. The molecular weight excluding hydrogens is 320 g/mol. The van der Waals surface area contributed by atoms with Crippen LogP contribution in [0, 0.1) is 0 Å². The zero-order chi connectivity index (χ0) is 13.9. The van der Waals surface area contributed by atoms with Gasteiger partial charge >= 0.3 is 0 Å². The Bertz CT molecular complexity index is 595. The highest BCUT2D eigenvalue weighted by Gasteiger charge is 2.20. The number of aromatic nitrogens is 3. The minimum atomic E-state index is 0.436. The first-order valence-corrected chi connectivity index (χ1v) is 7.50. The number of benzene rings is 1. The van der Waals surface area contributed by atoms with E-state index in [4.69, 9.17) is 4.74 Å². The molecule has 0 amide bonds. The van der Waals surface area contributed by atoms with Gasteiger partial charge in [-0.1, -0.05) is 21.1 Å². The van der Waals surface area contributed by atoms with Crippen molar-refractivity contribution in [1.29, 1.82) is 0 Å². The molecule has 20 heavy (non-hydrogen) atoms. The van der Waals surface area contributed by atoms with Crippen LogP contribution in [0.4, 0.5) is 0 Å². The fourth-order valence-corrected chi connectivity index (χ4v) is 2.39. The lowest BCUT2D eigenvalue weighted by Gasteiger charge is -2.11. The third-order valence-corrected chi connectivity index (χ3v) is 3.70. The van der Waals surface area contributed by atoms with Crippen molar-refractivity contribution >= 4 is 15.9 Å². The third kappa shape index (κ3) is 3.58. The topological polar surface area (TPSA) is 52.0 Å². The lowest BCUT2D eigenvalue weighted by Crippen LogP contribution is -2.16. The molecule has 1 aliphatic rings. The van der Waals surface area contributed by atoms with Crippen LogP contribution in [-0.4, -0.2) is 21.0 Å². The highest BCUT2D eigenvalue weighted by molar-refractivity contribution is 9.10. The Morgan fingerprint density at radius 2 is 2.30 bits per heavy atom. The molecule has 1 saturated carbocycles. The maximum Gasteiger partial charge on any atom is 0.134 e. The van der Waals surface area contributed by atoms with Crippen molar-refractivity contribution in [3.05, 3.63) is 40.1 Å². The van der Waals surface area contributed by atoms with Gasteiger partial charge in [0.05, 0.1) is 6.20 Å². The molecule has 0 saturated heterocycles. The molecule has 0 bridgehead atoms. The van der Waals surface area contributed by atoms with Crippen molar-refractivity contribution < 1.29 is 4.74 Å². The van der Waals surface area contributed by atoms with Gasteiger partial charge in [-0.3, -0.25) is 4.68 Å². The molecule has 0 spiro atoms. The molecule has 0 aliphatic heterocycles. The summed E-state index contributed by atoms with van der Waals surface area (Å²) >= 11 is 3.51. The molecule has 0 atom stereocenters. The average molecular weight is 337 g/mol. The van der Waals surface area contributed by atoms with Gasteiger partial charge in [-0.05, 0) is 31.0 Å². The molecule has 1 N–H and O–H groups in total. The monoisotopic (exact) mass is 336 g/mol. The maximum atomic E-state index is 5.87. The number of hydrogen-bond acceptors (Lipinski definition) is 4. The van der Waals surface area contributed by atoms with Gasteiger partial charge in [0.2, 0.25) is 0 Å². The molecule has 2 aromatic rings. The Balaban J connectivity index is 1.66. The maximum absolute atomic E-state index is 5.87. The van der Waals surface area contributed by atoms with Gasteiger partial charge in [0.15, 0.2) is 0 Å². The molecule has 1 heterocycles. The molecule has 0 unspecified atom stereocenters. The molecule has 1 aliphatic carbocycles. The second-order valence-electron chi connectivity index (χ2n) is 5.08. The molecule has 3 rings (SSSR count). The largest absolute Gasteiger partial charge is 0.487 e. The first-order chi connectivity index (χ1) is 9.70. The van der Waals surface area contributed by atoms with Crippen LogP contribution in [0.15, 0.2) is 28.9 Å². The van der Waals surface area contributed by atoms with E-state index < -0.39 is 0 Å². The standard InChI is InChI=1S/C14H17BrN4O/c1-19-8-13(17-18-19)9-20-14-5-2-11(15)6-10(14)7-16-12-3-4-12/h2,5-6,8,12,16H,3-4,7,9H2,1H3. The van der Waals surface area contributed by atoms with E-state index in [0.29, 0.717) is 12.6 Å². The highest BCUT2D eigenvalue weighted by Crippen LogP contribution is 2.26. The van der Waals surface area contributed by atoms with Crippen LogP contribution in [-0.2, 0) is 20.2 Å². The van der Waals surface area contributed by atoms with Gasteiger partial charge in [-0.2, -0.15) is 0 Å². The van der Waals surface area contributed by atoms with Crippen LogP contribution in [0.3, 0.4) is 0 Å². The minimum absolute atomic E-state index is 0.436. The van der Waals surface area contributed by atoms with Crippen LogP contribution in [0.25, 0.3) is 0 Å². The van der Waals surface area contributed by atoms with Crippen molar-refractivity contribution in [3.8, 4) is 5.75 Å². The molecule has 106 valence electrons. The van der Waals surface area contributed by atoms with Crippen molar-refractivity contribution in [2.75, 3.05) is 0 Å². The summed E-state index contributed by atoms with van der Waals surface area (Å²) in [6, 6.07) is 6.76. The fourth-order valence-electron chi connectivity index (χ4n) is 1.98. The summed E-state index contributed by atoms with van der Waals surface area (Å²) in [6.07, 6.45) is 4.43. The Labute approximate surface area is 126 Å². The normalized spacial score (nSPS) is 14.5. The SMILES string of the molecule is Cn1cc(COc2ccc(Br)cc2CNC2CC2)nn1. The van der Waals surface area contributed by atoms with E-state index in [2.05, 4.69) is 37.6 Å². The summed E-state index contributed by atoms with van der Waals surface area (Å²) in [7, 11) is 1.85. The second-order valence-corrected chi connectivity index (χ2v) is 6.00. The summed E-state index contributed by atoms with van der Waals surface area (Å²) in [5.74, 6) is 0.895. The van der Waals surface area contributed by atoms with Gasteiger partial charge in [0.1, 0.15) is 18.1 Å². The van der Waals surface area contributed by atoms with Crippen molar-refractivity contribution in [2.24, 2.45) is 7.05 Å². The van der Waals surface area contributed by atoms with E-state index in [-0.39, 0.29) is 0 Å². The zero-order valence-electron chi connectivity index (χ0n) is 11.3. The first-order valence-electron chi connectivity index (χ1n) is 6.70. The number of halogens is 1. The molecule has 1 fully saturated rings. The van der Waals surface area contributed by atoms with Crippen molar-refractivity contribution in [3.63, 3.8) is 0 Å². The van der Waals surface area contributed by atoms with Crippen LogP contribution in [0.5, 0.6) is 5.75 Å². The van der Waals surface area contributed by atoms with Gasteiger partial charge < -0.3 is 10.1 Å². The summed E-state index contributed by atoms with van der Waals surface area (Å²) in [6.45, 7) is 1.27. The summed E-state index contributed by atoms with van der Waals surface area (Å²) < 4.78 is 8.61. The van der Waals surface area contributed by atoms with Gasteiger partial charge in [-0.25, -0.2) is 0 Å². The Morgan fingerprint density at radius 3 is 3.00 bits per heavy atom. The van der Waals surface area contributed by atoms with Crippen LogP contribution in [0.2, 0.25) is 0 Å². The van der Waals surface area contributed by atoms with Crippen LogP contribution >= 0.6 is 15.9 Å². The smallest absolute Gasteiger partial charge is 0.134 e. The number of nitrogens with one attached hydrogen (secondary N) is 1. The van der Waals surface area contributed by atoms with Crippen molar-refractivity contribution in [1.82, 2.24) is 20.3 Å². The van der Waals surface area contributed by atoms with E-state index in [1.165, 1.54) is 12.8 Å². The third-order valence-electron chi connectivity index (χ3n) is 3.21. The van der Waals surface area contributed by atoms with E-state index in [0.717, 1.165) is 28.0 Å². The molecule has 0 radical (unpaired) electrons. The Kier molecular flexibility index (Phi) is 4.03. The van der Waals surface area contributed by atoms with E-state index in [9.17, 15) is 0 Å². The predicted octanol–water partition coefficient (Wildman–Crippen LogP) is 2.41. The second kappa shape index (κ2) is 5.93. The van der Waals surface area contributed by atoms with Crippen LogP contribution < -0.4 is 10.1 Å². The van der Waals surface area contributed by atoms with E-state index in [1.807, 2.05) is 25.4 Å². The number of nitrogens with zero attached hydrogens (tertiary/aromatic N) is 3. The van der Waals surface area contributed by atoms with Crippen LogP contribution in [0.1, 0.15) is 24.1 Å². The summed E-state index contributed by atoms with van der Waals surface area (Å²) in [4.78, 5) is 0. The molecular formula is C14H17BrN4O. The number of rotatable bonds is 6. The molecule has 1 aromatic heterocycles. The first kappa shape index (κ1) is 13.6. The Morgan fingerprint density at radius 1 is 1.45 bits per heavy atom. The lowest BCUT2D eigenvalue weighted by atomic mass is 10.2. The molecule has 5 nitrogen and oxygen atoms in total. The van der Waals surface area contributed by atoms with E-state index >= 15 is 0 Å². The summed E-state index contributed by atoms with van der Waals surface area (Å²) in [5.41, 5.74) is 1.99. The average Bonchev–Trinajstić information content (AvgIpc) is 3.17. The Hall–Kier alpha value is -1.40. The molecule has 6 heteroatoms. The lowest BCUT2D eigenvalue weighted by molar-refractivity contribution is 0.297.